The number of aliphatic hydroxyl groups is 6. The van der Waals surface area contributed by atoms with Crippen molar-refractivity contribution in [3.8, 4) is 0 Å². The van der Waals surface area contributed by atoms with Gasteiger partial charge in [-0.15, -0.1) is 0 Å². The molecule has 3 heterocycles. The molecule has 2 saturated heterocycles. The summed E-state index contributed by atoms with van der Waals surface area (Å²) in [5, 5.41) is 74.1. The first-order valence-electron chi connectivity index (χ1n) is 14.4. The number of thiol groups is 1. The monoisotopic (exact) mass is 729 g/mol. The van der Waals surface area contributed by atoms with Crippen LogP contribution >= 0.6 is 20.5 Å². The number of nitrogens with one attached hydrogen (secondary N) is 1. The van der Waals surface area contributed by atoms with Crippen molar-refractivity contribution in [1.82, 2.24) is 14.9 Å². The molecule has 1 aromatic heterocycles. The molecule has 2 aliphatic rings. The van der Waals surface area contributed by atoms with Crippen LogP contribution in [0, 0.1) is 5.92 Å². The summed E-state index contributed by atoms with van der Waals surface area (Å²) in [4.78, 5) is 65.4. The second-order valence-electron chi connectivity index (χ2n) is 11.1. The molecule has 10 N–H and O–H groups in total. The van der Waals surface area contributed by atoms with Gasteiger partial charge in [-0.3, -0.25) is 23.2 Å². The summed E-state index contributed by atoms with van der Waals surface area (Å²) < 4.78 is 33.8. The van der Waals surface area contributed by atoms with Gasteiger partial charge in [0.2, 0.25) is 5.91 Å². The molecule has 1 aromatic rings. The van der Waals surface area contributed by atoms with E-state index >= 15 is 0 Å². The zero-order valence-electron chi connectivity index (χ0n) is 25.1. The molecule has 0 aliphatic carbocycles. The predicted molar refractivity (Wildman–Crippen MR) is 158 cm³/mol. The van der Waals surface area contributed by atoms with Crippen molar-refractivity contribution in [2.45, 2.75) is 80.4 Å². The van der Waals surface area contributed by atoms with Crippen molar-refractivity contribution < 1.29 is 78.1 Å². The smallest absolute Gasteiger partial charge is 0.364 e. The molecule has 0 aromatic carbocycles. The highest BCUT2D eigenvalue weighted by molar-refractivity contribution is 7.80. The van der Waals surface area contributed by atoms with Crippen LogP contribution in [0.3, 0.4) is 0 Å². The first kappa shape index (κ1) is 39.9. The zero-order valence-corrected chi connectivity index (χ0v) is 26.9. The quantitative estimate of drug-likeness (QED) is 0.0530. The number of phosphoric ester groups is 1. The number of phosphoric acid groups is 1. The van der Waals surface area contributed by atoms with E-state index in [4.69, 9.17) is 24.3 Å². The summed E-state index contributed by atoms with van der Waals surface area (Å²) in [6, 6.07) is 1.19. The summed E-state index contributed by atoms with van der Waals surface area (Å²) in [6.45, 7) is -2.73. The highest BCUT2D eigenvalue weighted by Gasteiger charge is 2.57. The predicted octanol–water partition coefficient (Wildman–Crippen LogP) is -5.01. The number of aromatic nitrogens is 2. The highest BCUT2D eigenvalue weighted by atomic mass is 32.1. The molecule has 4 unspecified atom stereocenters. The van der Waals surface area contributed by atoms with Crippen LogP contribution in [-0.2, 0) is 37.5 Å². The molecule has 2 fully saturated rings. The lowest BCUT2D eigenvalue weighted by Crippen LogP contribution is -2.62. The molecule has 0 spiro atoms. The third-order valence-corrected chi connectivity index (χ3v) is 8.89. The number of anilines is 1. The van der Waals surface area contributed by atoms with Crippen molar-refractivity contribution >= 4 is 43.9 Å². The lowest BCUT2D eigenvalue weighted by Gasteiger charge is -2.47. The number of hydrogen-bond acceptors (Lipinski definition) is 19. The third kappa shape index (κ3) is 9.78. The number of carbonyl (C=O) groups is 3. The molecule has 48 heavy (non-hydrogen) atoms. The molecule has 23 heteroatoms. The summed E-state index contributed by atoms with van der Waals surface area (Å²) in [7, 11) is -5.83. The van der Waals surface area contributed by atoms with Crippen LogP contribution in [0.15, 0.2) is 17.1 Å². The van der Waals surface area contributed by atoms with Gasteiger partial charge in [-0.05, 0) is 18.2 Å². The average Bonchev–Trinajstić information content (AvgIpc) is 3.30. The van der Waals surface area contributed by atoms with Crippen LogP contribution in [-0.4, -0.2) is 137 Å². The van der Waals surface area contributed by atoms with Crippen LogP contribution in [0.5, 0.6) is 0 Å². The molecule has 21 nitrogen and oxygen atoms in total. The van der Waals surface area contributed by atoms with Gasteiger partial charge in [0.05, 0.1) is 32.0 Å². The summed E-state index contributed by atoms with van der Waals surface area (Å²) in [5.41, 5.74) is 4.45. The summed E-state index contributed by atoms with van der Waals surface area (Å²) >= 11 is 3.98. The molecular formula is C25H38N4O17PS-. The topological polar surface area (TPSA) is 343 Å². The number of hydrogen-bond donors (Lipinski definition) is 10. The van der Waals surface area contributed by atoms with E-state index in [-0.39, 0.29) is 12.2 Å². The first-order chi connectivity index (χ1) is 22.4. The fourth-order valence-corrected chi connectivity index (χ4v) is 6.18. The van der Waals surface area contributed by atoms with E-state index in [1.165, 1.54) is 6.07 Å². The number of nitrogen functional groups attached to an aromatic ring is 1. The van der Waals surface area contributed by atoms with E-state index in [0.29, 0.717) is 12.2 Å². The van der Waals surface area contributed by atoms with E-state index in [2.05, 4.69) is 22.9 Å². The van der Waals surface area contributed by atoms with Crippen LogP contribution in [0.25, 0.3) is 0 Å². The summed E-state index contributed by atoms with van der Waals surface area (Å²) in [5.74, 6) is -7.91. The van der Waals surface area contributed by atoms with Crippen LogP contribution in [0.1, 0.15) is 31.9 Å². The zero-order chi connectivity index (χ0) is 36.0. The molecular weight excluding hydrogens is 691 g/mol. The Balaban J connectivity index is 1.76. The number of carbonyl (C=O) groups excluding carboxylic acids is 2. The maximum absolute atomic E-state index is 12.9. The van der Waals surface area contributed by atoms with Crippen LogP contribution in [0.4, 0.5) is 5.82 Å². The third-order valence-electron chi connectivity index (χ3n) is 7.59. The molecule has 272 valence electrons. The Morgan fingerprint density at radius 1 is 1.27 bits per heavy atom. The van der Waals surface area contributed by atoms with Crippen molar-refractivity contribution in [2.24, 2.45) is 5.92 Å². The minimum Gasteiger partial charge on any atom is -0.756 e. The number of aliphatic hydroxyl groups excluding tert-OH is 6. The number of ketones is 1. The number of nitrogens with zero attached hydrogens (tertiary/aromatic N) is 2. The minimum absolute atomic E-state index is 0.0683. The fourth-order valence-electron chi connectivity index (χ4n) is 5.09. The van der Waals surface area contributed by atoms with E-state index in [9.17, 15) is 64.4 Å². The number of aliphatic carboxylic acids is 1. The lowest BCUT2D eigenvalue weighted by molar-refractivity contribution is -0.320. The second kappa shape index (κ2) is 16.9. The van der Waals surface area contributed by atoms with Crippen LogP contribution < -0.4 is 21.6 Å². The van der Waals surface area contributed by atoms with E-state index in [0.717, 1.165) is 10.8 Å². The SMILES string of the molecule is Nc1ccn([C@@H]2O[C@H](COP(=O)([O-])O[C@@]3(C(=O)O)CC(O)[C@@H](CC(=O)CNC(=O)CCCS)C([C@H](O)[C@H](O)CO)O3)C(O)[C@@H]2O)c(=O)n1. The molecule has 0 bridgehead atoms. The van der Waals surface area contributed by atoms with Crippen molar-refractivity contribution in [2.75, 3.05) is 31.2 Å². The molecule has 0 radical (unpaired) electrons. The van der Waals surface area contributed by atoms with Crippen molar-refractivity contribution in [3.05, 3.63) is 22.7 Å². The van der Waals surface area contributed by atoms with Gasteiger partial charge in [-0.25, -0.2) is 9.59 Å². The Hall–Kier alpha value is -2.57. The number of amides is 1. The molecule has 3 rings (SSSR count). The van der Waals surface area contributed by atoms with Crippen LogP contribution in [0.2, 0.25) is 0 Å². The molecule has 2 aliphatic heterocycles. The van der Waals surface area contributed by atoms with Gasteiger partial charge in [0.1, 0.15) is 36.3 Å². The van der Waals surface area contributed by atoms with E-state index in [1.54, 1.807) is 0 Å². The lowest BCUT2D eigenvalue weighted by atomic mass is 9.80. The minimum atomic E-state index is -5.83. The standard InChI is InChI=1S/C25H39N4O17PS/c26-16-3-4-29(24(40)28-16)22-20(37)19(36)15(44-22)10-43-47(41,42)46-25(23(38)39)7-13(32)12(21(45-25)18(35)14(33)9-30)6-11(31)8-27-17(34)2-1-5-48/h3-4,12-15,18-22,30,32-33,35-37,48H,1-2,5-10H2,(H,27,34)(H,38,39)(H,41,42)(H2,26,28,40)/p-1/t12-,13?,14-,15-,18-,19?,20+,21?,22-,25-/m1/s1. The fraction of sp³-hybridized carbons (Fsp3) is 0.720. The van der Waals surface area contributed by atoms with Gasteiger partial charge in [0.15, 0.2) is 12.0 Å². The average molecular weight is 730 g/mol. The van der Waals surface area contributed by atoms with Crippen molar-refractivity contribution in [1.29, 1.82) is 0 Å². The second-order valence-corrected chi connectivity index (χ2v) is 12.9. The summed E-state index contributed by atoms with van der Waals surface area (Å²) in [6.07, 6.45) is -15.3. The van der Waals surface area contributed by atoms with E-state index < -0.39 is 124 Å². The number of carboxylic acids is 1. The van der Waals surface area contributed by atoms with Gasteiger partial charge in [0, 0.05) is 31.4 Å². The normalized spacial score (nSPS) is 31.5. The Labute approximate surface area is 277 Å². The molecule has 1 amide bonds. The Bertz CT molecular complexity index is 1400. The maximum Gasteiger partial charge on any atom is 0.364 e. The van der Waals surface area contributed by atoms with Gasteiger partial charge in [-0.2, -0.15) is 17.6 Å². The van der Waals surface area contributed by atoms with Gasteiger partial charge < -0.3 is 65.7 Å². The van der Waals surface area contributed by atoms with Crippen molar-refractivity contribution in [3.63, 3.8) is 0 Å². The number of Topliss-reactive ketones (excluding diaryl/α,β-unsaturated/α-hetero) is 1. The maximum atomic E-state index is 12.9. The highest BCUT2D eigenvalue weighted by Crippen LogP contribution is 2.49. The van der Waals surface area contributed by atoms with Gasteiger partial charge in [-0.1, -0.05) is 0 Å². The Morgan fingerprint density at radius 2 is 1.96 bits per heavy atom. The number of rotatable bonds is 17. The Kier molecular flexibility index (Phi) is 14.0. The van der Waals surface area contributed by atoms with Gasteiger partial charge in [0.25, 0.3) is 13.6 Å². The number of nitrogens with two attached hydrogens (primary N) is 1. The largest absolute Gasteiger partial charge is 0.756 e. The van der Waals surface area contributed by atoms with Gasteiger partial charge >= 0.3 is 11.7 Å². The van der Waals surface area contributed by atoms with E-state index in [1.807, 2.05) is 0 Å². The molecule has 11 atom stereocenters. The number of ether oxygens (including phenoxy) is 2. The number of carboxylic acid groups (broad SMARTS) is 1. The first-order valence-corrected chi connectivity index (χ1v) is 16.5. The Morgan fingerprint density at radius 3 is 2.56 bits per heavy atom. The molecule has 0 saturated carbocycles.